The standard InChI is InChI=1S/C23H26N4O2.C8H15N/c28-22(27-29)10-8-16-3-5-18(6-4-16)15-24-13-11-17-7-9-21-20(14-17)19-2-1-12-25-23(19)26-21;1-7-5-3-4-6-8(7)9-2/h3-10,14,24-26,29H,1-2,11-13,15H2,(H,27,28);9H,3-6H2,1-2H3/b10-8+;. The first-order valence-corrected chi connectivity index (χ1v) is 13.7. The molecule has 1 aliphatic heterocycles. The van der Waals surface area contributed by atoms with Crippen molar-refractivity contribution in [2.45, 2.75) is 58.4 Å². The molecule has 0 saturated carbocycles. The molecule has 6 N–H and O–H groups in total. The van der Waals surface area contributed by atoms with Gasteiger partial charge in [-0.3, -0.25) is 10.0 Å². The Kier molecular flexibility index (Phi) is 10.0. The van der Waals surface area contributed by atoms with Crippen LogP contribution in [0.4, 0.5) is 5.82 Å². The average Bonchev–Trinajstić information content (AvgIpc) is 3.33. The second-order valence-electron chi connectivity index (χ2n) is 10.1. The van der Waals surface area contributed by atoms with Gasteiger partial charge in [0.2, 0.25) is 0 Å². The molecule has 7 nitrogen and oxygen atoms in total. The predicted octanol–water partition coefficient (Wildman–Crippen LogP) is 5.43. The highest BCUT2D eigenvalue weighted by Crippen LogP contribution is 2.30. The van der Waals surface area contributed by atoms with Gasteiger partial charge in [0, 0.05) is 48.4 Å². The van der Waals surface area contributed by atoms with Crippen LogP contribution in [0.2, 0.25) is 0 Å². The van der Waals surface area contributed by atoms with Crippen LogP contribution in [0.25, 0.3) is 17.0 Å². The molecule has 0 atom stereocenters. The second-order valence-corrected chi connectivity index (χ2v) is 10.1. The molecule has 0 unspecified atom stereocenters. The Balaban J connectivity index is 0.000000317. The van der Waals surface area contributed by atoms with Gasteiger partial charge in [-0.05, 0) is 93.3 Å². The Morgan fingerprint density at radius 3 is 2.55 bits per heavy atom. The third-order valence-electron chi connectivity index (χ3n) is 7.36. The molecule has 1 aromatic heterocycles. The third kappa shape index (κ3) is 7.49. The summed E-state index contributed by atoms with van der Waals surface area (Å²) in [5.41, 5.74) is 10.7. The number of hydrogen-bond acceptors (Lipinski definition) is 5. The number of aromatic nitrogens is 1. The lowest BCUT2D eigenvalue weighted by molar-refractivity contribution is -0.124. The van der Waals surface area contributed by atoms with E-state index in [0.29, 0.717) is 0 Å². The molecule has 1 aliphatic carbocycles. The molecule has 5 rings (SSSR count). The largest absolute Gasteiger partial charge is 0.391 e. The second kappa shape index (κ2) is 13.8. The maximum Gasteiger partial charge on any atom is 0.267 e. The number of hydroxylamine groups is 1. The van der Waals surface area contributed by atoms with Crippen molar-refractivity contribution in [3.8, 4) is 0 Å². The van der Waals surface area contributed by atoms with E-state index in [0.717, 1.165) is 38.0 Å². The van der Waals surface area contributed by atoms with Gasteiger partial charge in [0.05, 0.1) is 0 Å². The maximum atomic E-state index is 11.0. The van der Waals surface area contributed by atoms with Crippen LogP contribution in [-0.2, 0) is 24.2 Å². The van der Waals surface area contributed by atoms with Crippen molar-refractivity contribution in [3.05, 3.63) is 82.1 Å². The fourth-order valence-electron chi connectivity index (χ4n) is 5.16. The van der Waals surface area contributed by atoms with E-state index in [1.54, 1.807) is 17.1 Å². The molecule has 1 amide bonds. The van der Waals surface area contributed by atoms with Gasteiger partial charge in [-0.1, -0.05) is 35.9 Å². The summed E-state index contributed by atoms with van der Waals surface area (Å²) in [6.07, 6.45) is 11.6. The number of benzene rings is 2. The zero-order valence-electron chi connectivity index (χ0n) is 22.6. The van der Waals surface area contributed by atoms with Crippen molar-refractivity contribution in [2.24, 2.45) is 0 Å². The number of carbonyl (C=O) groups excluding carboxylic acids is 1. The van der Waals surface area contributed by atoms with Gasteiger partial charge >= 0.3 is 0 Å². The Morgan fingerprint density at radius 2 is 1.82 bits per heavy atom. The SMILES string of the molecule is CNC1=C(C)CCCC1.O=C(/C=C/c1ccc(CNCCc2ccc3[nH]c4c(c3c2)CCCN4)cc1)NO. The minimum absolute atomic E-state index is 0.537. The third-order valence-corrected chi connectivity index (χ3v) is 7.36. The van der Waals surface area contributed by atoms with E-state index in [1.165, 1.54) is 77.3 Å². The van der Waals surface area contributed by atoms with Gasteiger partial charge < -0.3 is 20.9 Å². The average molecular weight is 516 g/mol. The molecule has 0 radical (unpaired) electrons. The van der Waals surface area contributed by atoms with E-state index < -0.39 is 5.91 Å². The van der Waals surface area contributed by atoms with Crippen LogP contribution in [0.15, 0.2) is 59.8 Å². The highest BCUT2D eigenvalue weighted by molar-refractivity contribution is 5.91. The van der Waals surface area contributed by atoms with E-state index in [9.17, 15) is 4.79 Å². The molecule has 202 valence electrons. The number of aromatic amines is 1. The molecule has 2 aromatic carbocycles. The van der Waals surface area contributed by atoms with Gasteiger partial charge in [0.25, 0.3) is 5.91 Å². The lowest BCUT2D eigenvalue weighted by Crippen LogP contribution is -2.16. The number of allylic oxidation sites excluding steroid dienone is 2. The van der Waals surface area contributed by atoms with Crippen molar-refractivity contribution in [1.82, 2.24) is 21.1 Å². The van der Waals surface area contributed by atoms with Gasteiger partial charge in [-0.25, -0.2) is 5.48 Å². The highest BCUT2D eigenvalue weighted by atomic mass is 16.5. The van der Waals surface area contributed by atoms with Crippen LogP contribution in [-0.4, -0.2) is 36.2 Å². The molecule has 0 saturated heterocycles. The first-order chi connectivity index (χ1) is 18.6. The fourth-order valence-corrected chi connectivity index (χ4v) is 5.16. The minimum Gasteiger partial charge on any atom is -0.391 e. The molecule has 7 heteroatoms. The molecule has 3 aromatic rings. The summed E-state index contributed by atoms with van der Waals surface area (Å²) in [7, 11) is 2.02. The number of fused-ring (bicyclic) bond motifs is 3. The summed E-state index contributed by atoms with van der Waals surface area (Å²) in [4.78, 5) is 14.5. The van der Waals surface area contributed by atoms with E-state index in [4.69, 9.17) is 5.21 Å². The maximum absolute atomic E-state index is 11.0. The summed E-state index contributed by atoms with van der Waals surface area (Å²) in [6.45, 7) is 4.98. The van der Waals surface area contributed by atoms with Crippen LogP contribution in [0.3, 0.4) is 0 Å². The zero-order valence-corrected chi connectivity index (χ0v) is 22.6. The summed E-state index contributed by atoms with van der Waals surface area (Å²) >= 11 is 0. The number of H-pyrrole nitrogens is 1. The number of hydrogen-bond donors (Lipinski definition) is 6. The van der Waals surface area contributed by atoms with Crippen molar-refractivity contribution < 1.29 is 10.0 Å². The van der Waals surface area contributed by atoms with Crippen LogP contribution >= 0.6 is 0 Å². The number of amides is 1. The quantitative estimate of drug-likeness (QED) is 0.104. The lowest BCUT2D eigenvalue weighted by atomic mass is 9.98. The number of rotatable bonds is 8. The molecule has 0 bridgehead atoms. The van der Waals surface area contributed by atoms with E-state index >= 15 is 0 Å². The smallest absolute Gasteiger partial charge is 0.267 e. The van der Waals surface area contributed by atoms with Crippen molar-refractivity contribution in [2.75, 3.05) is 25.5 Å². The Hall–Kier alpha value is -3.55. The van der Waals surface area contributed by atoms with Crippen LogP contribution < -0.4 is 21.4 Å². The molecular weight excluding hydrogens is 474 g/mol. The molecule has 38 heavy (non-hydrogen) atoms. The van der Waals surface area contributed by atoms with Gasteiger partial charge in [-0.15, -0.1) is 0 Å². The number of nitrogens with one attached hydrogen (secondary N) is 5. The van der Waals surface area contributed by atoms with Crippen LogP contribution in [0.5, 0.6) is 0 Å². The lowest BCUT2D eigenvalue weighted by Gasteiger charge is -2.16. The van der Waals surface area contributed by atoms with Crippen molar-refractivity contribution in [3.63, 3.8) is 0 Å². The van der Waals surface area contributed by atoms with E-state index in [-0.39, 0.29) is 0 Å². The summed E-state index contributed by atoms with van der Waals surface area (Å²) in [6, 6.07) is 14.7. The van der Waals surface area contributed by atoms with Crippen molar-refractivity contribution >= 4 is 28.7 Å². The monoisotopic (exact) mass is 515 g/mol. The normalized spacial score (nSPS) is 15.0. The van der Waals surface area contributed by atoms with Crippen molar-refractivity contribution in [1.29, 1.82) is 0 Å². The van der Waals surface area contributed by atoms with Gasteiger partial charge in [0.15, 0.2) is 0 Å². The number of carbonyl (C=O) groups is 1. The Morgan fingerprint density at radius 1 is 1.03 bits per heavy atom. The zero-order chi connectivity index (χ0) is 26.7. The first-order valence-electron chi connectivity index (χ1n) is 13.7. The molecule has 0 spiro atoms. The summed E-state index contributed by atoms with van der Waals surface area (Å²) in [5, 5.41) is 20.0. The van der Waals surface area contributed by atoms with Gasteiger partial charge in [0.1, 0.15) is 5.82 Å². The minimum atomic E-state index is -0.537. The molecule has 0 fully saturated rings. The number of aryl methyl sites for hydroxylation is 1. The van der Waals surface area contributed by atoms with E-state index in [2.05, 4.69) is 46.1 Å². The molecular formula is C31H41N5O2. The predicted molar refractivity (Wildman–Crippen MR) is 156 cm³/mol. The number of anilines is 1. The topological polar surface area (TPSA) is 101 Å². The van der Waals surface area contributed by atoms with Crippen LogP contribution in [0.1, 0.15) is 61.3 Å². The summed E-state index contributed by atoms with van der Waals surface area (Å²) < 4.78 is 0. The first kappa shape index (κ1) is 27.5. The van der Waals surface area contributed by atoms with Gasteiger partial charge in [-0.2, -0.15) is 0 Å². The molecule has 2 heterocycles. The van der Waals surface area contributed by atoms with E-state index in [1.807, 2.05) is 31.3 Å². The fraction of sp³-hybridized carbons (Fsp3) is 0.387. The Bertz CT molecular complexity index is 1270. The highest BCUT2D eigenvalue weighted by Gasteiger charge is 2.15. The molecule has 2 aliphatic rings. The van der Waals surface area contributed by atoms with Crippen LogP contribution in [0, 0.1) is 0 Å². The Labute approximate surface area is 225 Å². The summed E-state index contributed by atoms with van der Waals surface area (Å²) in [5.74, 6) is 0.655.